The van der Waals surface area contributed by atoms with E-state index in [1.54, 1.807) is 0 Å². The molecule has 4 saturated carbocycles. The van der Waals surface area contributed by atoms with Crippen molar-refractivity contribution in [1.82, 2.24) is 0 Å². The van der Waals surface area contributed by atoms with E-state index in [4.69, 9.17) is 4.74 Å². The second-order valence-electron chi connectivity index (χ2n) is 15.8. The number of alkyl halides is 1. The van der Waals surface area contributed by atoms with Crippen molar-refractivity contribution in [3.63, 3.8) is 0 Å². The Hall–Kier alpha value is -1.77. The molecular weight excluding hydrogens is 622 g/mol. The lowest BCUT2D eigenvalue weighted by atomic mass is 9.36. The van der Waals surface area contributed by atoms with Crippen LogP contribution in [0.4, 0.5) is 0 Å². The average Bonchev–Trinajstić information content (AvgIpc) is 3.22. The highest BCUT2D eigenvalue weighted by atomic mass is 79.9. The van der Waals surface area contributed by atoms with Gasteiger partial charge in [0, 0.05) is 38.5 Å². The van der Waals surface area contributed by atoms with E-state index in [1.807, 2.05) is 30.6 Å². The zero-order valence-corrected chi connectivity index (χ0v) is 29.1. The van der Waals surface area contributed by atoms with Crippen LogP contribution in [-0.4, -0.2) is 50.4 Å². The number of halogens is 1. The first kappa shape index (κ1) is 33.6. The van der Waals surface area contributed by atoms with Crippen molar-refractivity contribution < 1.29 is 34.2 Å². The molecule has 4 fully saturated rings. The van der Waals surface area contributed by atoms with Crippen LogP contribution in [-0.2, 0) is 19.9 Å². The molecule has 44 heavy (non-hydrogen) atoms. The molecule has 7 nitrogen and oxygen atoms in total. The van der Waals surface area contributed by atoms with E-state index in [2.05, 4.69) is 62.0 Å². The number of carbonyl (C=O) groups is 2. The summed E-state index contributed by atoms with van der Waals surface area (Å²) in [4.78, 5) is 25.5. The van der Waals surface area contributed by atoms with E-state index in [0.29, 0.717) is 42.7 Å². The van der Waals surface area contributed by atoms with Gasteiger partial charge in [0.25, 0.3) is 0 Å². The number of aliphatic carboxylic acids is 1. The SMILES string of the molecule is CC(=O)O[C@H]1C[C@@]2(C)[C@@H](C[C@@H](O)[C@H]3[C@@]4(C)CC[C@H](O)[C@@H](C)[C@@H]4CC[C@@]32C)/C1=C(\CCC(Br)C(C)(C)[n+]1ccccc1)C(=O)O. The van der Waals surface area contributed by atoms with Crippen molar-refractivity contribution in [3.05, 3.63) is 41.7 Å². The zero-order valence-electron chi connectivity index (χ0n) is 27.6. The fraction of sp³-hybridized carbons (Fsp3) is 0.750. The van der Waals surface area contributed by atoms with Crippen molar-refractivity contribution in [3.8, 4) is 0 Å². The molecule has 3 N–H and O–H groups in total. The highest BCUT2D eigenvalue weighted by Crippen LogP contribution is 2.74. The lowest BCUT2D eigenvalue weighted by Gasteiger charge is -2.69. The maximum Gasteiger partial charge on any atom is 0.331 e. The lowest BCUT2D eigenvalue weighted by Crippen LogP contribution is -2.65. The van der Waals surface area contributed by atoms with E-state index in [9.17, 15) is 24.9 Å². The summed E-state index contributed by atoms with van der Waals surface area (Å²) in [6.07, 6.45) is 7.91. The Labute approximate surface area is 271 Å². The number of carboxylic acid groups (broad SMARTS) is 1. The molecule has 0 radical (unpaired) electrons. The number of aromatic nitrogens is 1. The average molecular weight is 676 g/mol. The molecule has 0 amide bonds. The van der Waals surface area contributed by atoms with Gasteiger partial charge in [-0.3, -0.25) is 4.79 Å². The van der Waals surface area contributed by atoms with Crippen LogP contribution in [0.15, 0.2) is 41.7 Å². The highest BCUT2D eigenvalue weighted by Gasteiger charge is 2.70. The number of rotatable bonds is 7. The van der Waals surface area contributed by atoms with Gasteiger partial charge >= 0.3 is 11.9 Å². The molecule has 0 aliphatic heterocycles. The Morgan fingerprint density at radius 1 is 1.07 bits per heavy atom. The number of carboxylic acids is 1. The van der Waals surface area contributed by atoms with Crippen molar-refractivity contribution in [2.24, 2.45) is 39.9 Å². The van der Waals surface area contributed by atoms with Crippen LogP contribution < -0.4 is 4.57 Å². The number of fused-ring (bicyclic) bond motifs is 5. The van der Waals surface area contributed by atoms with Crippen LogP contribution in [0, 0.1) is 39.9 Å². The number of hydrogen-bond donors (Lipinski definition) is 3. The third kappa shape index (κ3) is 5.19. The van der Waals surface area contributed by atoms with E-state index in [-0.39, 0.29) is 50.5 Å². The quantitative estimate of drug-likeness (QED) is 0.138. The third-order valence-corrected chi connectivity index (χ3v) is 15.0. The standard InChI is InChI=1S/C36H52BrNO6/c1-21-24-13-16-35(6)31(34(24,5)15-14-26(21)40)27(41)19-25-30(28(44-22(2)39)20-36(25,35)7)23(32(42)43)11-12-29(37)33(3,4)38-17-9-8-10-18-38/h8-10,17-18,21,24-29,31,40-41H,11-16,19-20H2,1-7H3/p+1/b30-23-/t21-,24-,25-,26-,27+,28-,29?,31-,34-,35-,36-/m0/s1. The molecule has 1 unspecified atom stereocenters. The van der Waals surface area contributed by atoms with Gasteiger partial charge in [-0.05, 0) is 96.9 Å². The molecule has 244 valence electrons. The number of aliphatic hydroxyl groups is 2. The number of hydrogen-bond acceptors (Lipinski definition) is 5. The summed E-state index contributed by atoms with van der Waals surface area (Å²) in [6, 6.07) is 5.95. The van der Waals surface area contributed by atoms with Crippen LogP contribution in [0.5, 0.6) is 0 Å². The smallest absolute Gasteiger partial charge is 0.331 e. The summed E-state index contributed by atoms with van der Waals surface area (Å²) in [7, 11) is 0. The topological polar surface area (TPSA) is 108 Å². The highest BCUT2D eigenvalue weighted by molar-refractivity contribution is 9.09. The first-order valence-corrected chi connectivity index (χ1v) is 17.5. The number of esters is 1. The van der Waals surface area contributed by atoms with Crippen LogP contribution in [0.2, 0.25) is 0 Å². The minimum Gasteiger partial charge on any atom is -0.478 e. The number of nitrogens with zero attached hydrogens (tertiary/aromatic N) is 1. The van der Waals surface area contributed by atoms with Crippen LogP contribution >= 0.6 is 15.9 Å². The predicted octanol–water partition coefficient (Wildman–Crippen LogP) is 6.19. The van der Waals surface area contributed by atoms with Gasteiger partial charge in [-0.25, -0.2) is 4.79 Å². The maximum absolute atomic E-state index is 13.1. The van der Waals surface area contributed by atoms with Crippen molar-refractivity contribution in [2.45, 2.75) is 129 Å². The van der Waals surface area contributed by atoms with Crippen LogP contribution in [0.1, 0.15) is 99.8 Å². The maximum atomic E-state index is 13.1. The molecule has 1 heterocycles. The Morgan fingerprint density at radius 2 is 1.73 bits per heavy atom. The summed E-state index contributed by atoms with van der Waals surface area (Å²) < 4.78 is 8.12. The molecule has 11 atom stereocenters. The van der Waals surface area contributed by atoms with Gasteiger partial charge in [0.2, 0.25) is 0 Å². The molecule has 0 spiro atoms. The minimum absolute atomic E-state index is 0.0185. The first-order valence-electron chi connectivity index (χ1n) is 16.6. The summed E-state index contributed by atoms with van der Waals surface area (Å²) >= 11 is 3.89. The van der Waals surface area contributed by atoms with E-state index in [0.717, 1.165) is 25.7 Å². The second kappa shape index (κ2) is 11.8. The van der Waals surface area contributed by atoms with E-state index >= 15 is 0 Å². The fourth-order valence-electron chi connectivity index (χ4n) is 10.9. The summed E-state index contributed by atoms with van der Waals surface area (Å²) in [6.45, 7) is 14.7. The molecule has 4 aliphatic carbocycles. The van der Waals surface area contributed by atoms with Crippen molar-refractivity contribution >= 4 is 27.9 Å². The molecule has 0 aromatic carbocycles. The molecule has 8 heteroatoms. The Bertz CT molecular complexity index is 1300. The monoisotopic (exact) mass is 674 g/mol. The third-order valence-electron chi connectivity index (χ3n) is 13.4. The molecule has 0 saturated heterocycles. The largest absolute Gasteiger partial charge is 0.478 e. The van der Waals surface area contributed by atoms with Crippen LogP contribution in [0.3, 0.4) is 0 Å². The predicted molar refractivity (Wildman–Crippen MR) is 172 cm³/mol. The molecule has 1 aromatic heterocycles. The van der Waals surface area contributed by atoms with Gasteiger partial charge < -0.3 is 20.1 Å². The summed E-state index contributed by atoms with van der Waals surface area (Å²) in [5.41, 5.74) is -0.0357. The molecule has 4 aliphatic rings. The zero-order chi connectivity index (χ0) is 32.4. The van der Waals surface area contributed by atoms with E-state index in [1.165, 1.54) is 6.92 Å². The van der Waals surface area contributed by atoms with Crippen molar-refractivity contribution in [2.75, 3.05) is 0 Å². The summed E-state index contributed by atoms with van der Waals surface area (Å²) in [5.74, 6) is -1.06. The first-order chi connectivity index (χ1) is 20.5. The number of aliphatic hydroxyl groups excluding tert-OH is 2. The molecule has 1 aromatic rings. The van der Waals surface area contributed by atoms with Crippen molar-refractivity contribution in [1.29, 1.82) is 0 Å². The van der Waals surface area contributed by atoms with Gasteiger partial charge in [-0.15, -0.1) is 0 Å². The summed E-state index contributed by atoms with van der Waals surface area (Å²) in [5, 5.41) is 33.5. The molecule has 5 rings (SSSR count). The number of pyridine rings is 1. The van der Waals surface area contributed by atoms with Gasteiger partial charge in [-0.2, -0.15) is 4.57 Å². The second-order valence-corrected chi connectivity index (χ2v) is 16.9. The molecular formula is C36H53BrNO6+. The lowest BCUT2D eigenvalue weighted by molar-refractivity contribution is -0.757. The van der Waals surface area contributed by atoms with Gasteiger partial charge in [0.15, 0.2) is 17.9 Å². The minimum atomic E-state index is -0.973. The van der Waals surface area contributed by atoms with Gasteiger partial charge in [-0.1, -0.05) is 49.7 Å². The Balaban J connectivity index is 1.53. The van der Waals surface area contributed by atoms with Gasteiger partial charge in [0.05, 0.1) is 17.0 Å². The Morgan fingerprint density at radius 3 is 2.34 bits per heavy atom. The number of carbonyl (C=O) groups excluding carboxylic acids is 1. The Kier molecular flexibility index (Phi) is 9.00. The number of ether oxygens (including phenoxy) is 1. The molecule has 0 bridgehead atoms. The fourth-order valence-corrected chi connectivity index (χ4v) is 11.3. The van der Waals surface area contributed by atoms with Gasteiger partial charge in [0.1, 0.15) is 6.10 Å². The van der Waals surface area contributed by atoms with Crippen LogP contribution in [0.25, 0.3) is 0 Å². The van der Waals surface area contributed by atoms with E-state index < -0.39 is 24.1 Å². The normalized spacial score (nSPS) is 42.0.